The van der Waals surface area contributed by atoms with Crippen LogP contribution < -0.4 is 9.47 Å². The largest absolute Gasteiger partial charge is 0.495 e. The van der Waals surface area contributed by atoms with Gasteiger partial charge in [0.25, 0.3) is 0 Å². The van der Waals surface area contributed by atoms with Crippen molar-refractivity contribution in [2.24, 2.45) is 0 Å². The van der Waals surface area contributed by atoms with E-state index in [0.717, 1.165) is 10.8 Å². The Hall–Kier alpha value is -2.24. The van der Waals surface area contributed by atoms with Gasteiger partial charge in [-0.3, -0.25) is 0 Å². The highest BCUT2D eigenvalue weighted by Crippen LogP contribution is 2.44. The molecule has 0 aliphatic rings. The minimum absolute atomic E-state index is 0.175. The molecule has 0 heterocycles. The first-order valence-corrected chi connectivity index (χ1v) is 7.67. The first-order valence-electron chi connectivity index (χ1n) is 7.30. The summed E-state index contributed by atoms with van der Waals surface area (Å²) >= 11 is 6.48. The van der Waals surface area contributed by atoms with Gasteiger partial charge in [0.1, 0.15) is 11.5 Å². The van der Waals surface area contributed by atoms with Crippen LogP contribution in [0.25, 0.3) is 16.8 Å². The van der Waals surface area contributed by atoms with E-state index in [1.807, 2.05) is 24.3 Å². The highest BCUT2D eigenvalue weighted by Gasteiger charge is 2.20. The van der Waals surface area contributed by atoms with Crippen LogP contribution >= 0.6 is 11.6 Å². The molecule has 0 amide bonds. The maximum atomic E-state index is 11.5. The van der Waals surface area contributed by atoms with Crippen molar-refractivity contribution in [3.8, 4) is 11.5 Å². The van der Waals surface area contributed by atoms with E-state index >= 15 is 0 Å². The summed E-state index contributed by atoms with van der Waals surface area (Å²) in [7, 11) is 4.57. The lowest BCUT2D eigenvalue weighted by atomic mass is 10.0. The van der Waals surface area contributed by atoms with Gasteiger partial charge in [-0.2, -0.15) is 0 Å². The summed E-state index contributed by atoms with van der Waals surface area (Å²) in [6.07, 6.45) is 1.76. The predicted octanol–water partition coefficient (Wildman–Crippen LogP) is 4.01. The third-order valence-corrected chi connectivity index (χ3v) is 4.05. The van der Waals surface area contributed by atoms with Crippen LogP contribution in [0.2, 0.25) is 5.02 Å². The van der Waals surface area contributed by atoms with Gasteiger partial charge in [-0.25, -0.2) is 4.79 Å². The summed E-state index contributed by atoms with van der Waals surface area (Å²) in [5.41, 5.74) is 0.651. The van der Waals surface area contributed by atoms with Gasteiger partial charge < -0.3 is 19.3 Å². The topological polar surface area (TPSA) is 65.0 Å². The Bertz CT molecular complexity index is 783. The van der Waals surface area contributed by atoms with Gasteiger partial charge in [-0.1, -0.05) is 35.9 Å². The van der Waals surface area contributed by atoms with Crippen molar-refractivity contribution in [1.82, 2.24) is 0 Å². The zero-order valence-electron chi connectivity index (χ0n) is 13.8. The van der Waals surface area contributed by atoms with Gasteiger partial charge in [0.05, 0.1) is 25.8 Å². The van der Waals surface area contributed by atoms with Crippen LogP contribution in [0.15, 0.2) is 29.8 Å². The maximum absolute atomic E-state index is 11.5. The summed E-state index contributed by atoms with van der Waals surface area (Å²) in [4.78, 5) is 11.5. The fourth-order valence-electron chi connectivity index (χ4n) is 2.54. The van der Waals surface area contributed by atoms with E-state index < -0.39 is 5.97 Å². The number of rotatable bonds is 7. The van der Waals surface area contributed by atoms with Crippen molar-refractivity contribution in [2.75, 3.05) is 27.9 Å². The monoisotopic (exact) mass is 350 g/mol. The molecule has 128 valence electrons. The number of aliphatic carboxylic acids is 1. The van der Waals surface area contributed by atoms with E-state index in [1.165, 1.54) is 27.4 Å². The average Bonchev–Trinajstić information content (AvgIpc) is 2.58. The number of carbonyl (C=O) groups is 1. The summed E-state index contributed by atoms with van der Waals surface area (Å²) in [5, 5.41) is 11.3. The standard InChI is InChI=1S/C18H19ClO5/c1-22-9-8-11(18(20)21)10-14-15(19)17(24-3)13-7-5-4-6-12(13)16(14)23-2/h4-7,10H,8-9H2,1-3H3,(H,20,21)/b11-10+. The van der Waals surface area contributed by atoms with Crippen LogP contribution in [-0.2, 0) is 9.53 Å². The van der Waals surface area contributed by atoms with Crippen molar-refractivity contribution in [3.05, 3.63) is 40.4 Å². The molecule has 2 rings (SSSR count). The van der Waals surface area contributed by atoms with E-state index in [2.05, 4.69) is 0 Å². The maximum Gasteiger partial charge on any atom is 0.331 e. The number of hydrogen-bond donors (Lipinski definition) is 1. The SMILES string of the molecule is COCC/C(=C\c1c(Cl)c(OC)c2ccccc2c1OC)C(=O)O. The highest BCUT2D eigenvalue weighted by molar-refractivity contribution is 6.35. The summed E-state index contributed by atoms with van der Waals surface area (Å²) < 4.78 is 15.9. The normalized spacial score (nSPS) is 11.6. The molecule has 0 aliphatic carbocycles. The van der Waals surface area contributed by atoms with Crippen LogP contribution in [-0.4, -0.2) is 39.0 Å². The third-order valence-electron chi connectivity index (χ3n) is 3.67. The third kappa shape index (κ3) is 3.47. The zero-order chi connectivity index (χ0) is 17.7. The van der Waals surface area contributed by atoms with Gasteiger partial charge in [-0.05, 0) is 6.08 Å². The minimum Gasteiger partial charge on any atom is -0.495 e. The molecule has 0 radical (unpaired) electrons. The van der Waals surface area contributed by atoms with E-state index in [-0.39, 0.29) is 12.0 Å². The number of hydrogen-bond acceptors (Lipinski definition) is 4. The van der Waals surface area contributed by atoms with E-state index in [0.29, 0.717) is 28.7 Å². The summed E-state index contributed by atoms with van der Waals surface area (Å²) in [6.45, 7) is 0.294. The number of halogens is 1. The molecule has 0 saturated heterocycles. The first-order chi connectivity index (χ1) is 11.5. The van der Waals surface area contributed by atoms with Gasteiger partial charge in [0, 0.05) is 35.4 Å². The van der Waals surface area contributed by atoms with Crippen LogP contribution in [0.1, 0.15) is 12.0 Å². The first kappa shape index (κ1) is 18.1. The minimum atomic E-state index is -1.03. The lowest BCUT2D eigenvalue weighted by Gasteiger charge is -2.16. The number of carboxylic acid groups (broad SMARTS) is 1. The average molecular weight is 351 g/mol. The molecule has 5 nitrogen and oxygen atoms in total. The molecule has 0 atom stereocenters. The van der Waals surface area contributed by atoms with Crippen LogP contribution in [0.5, 0.6) is 11.5 Å². The summed E-state index contributed by atoms with van der Waals surface area (Å²) in [5.74, 6) is -0.0411. The Labute approximate surface area is 145 Å². The van der Waals surface area contributed by atoms with E-state index in [4.69, 9.17) is 25.8 Å². The van der Waals surface area contributed by atoms with E-state index in [1.54, 1.807) is 0 Å². The molecular weight excluding hydrogens is 332 g/mol. The molecule has 0 unspecified atom stereocenters. The number of ether oxygens (including phenoxy) is 3. The molecule has 24 heavy (non-hydrogen) atoms. The second-order valence-corrected chi connectivity index (χ2v) is 5.44. The van der Waals surface area contributed by atoms with Crippen molar-refractivity contribution < 1.29 is 24.1 Å². The number of methoxy groups -OCH3 is 3. The molecule has 0 saturated carbocycles. The van der Waals surface area contributed by atoms with Crippen LogP contribution in [0.3, 0.4) is 0 Å². The Morgan fingerprint density at radius 1 is 1.12 bits per heavy atom. The molecule has 2 aromatic rings. The second-order valence-electron chi connectivity index (χ2n) is 5.06. The molecule has 0 aromatic heterocycles. The van der Waals surface area contributed by atoms with Crippen molar-refractivity contribution in [1.29, 1.82) is 0 Å². The molecule has 6 heteroatoms. The number of benzene rings is 2. The predicted molar refractivity (Wildman–Crippen MR) is 94.2 cm³/mol. The second kappa shape index (κ2) is 8.04. The fourth-order valence-corrected chi connectivity index (χ4v) is 2.86. The molecule has 0 aliphatic heterocycles. The van der Waals surface area contributed by atoms with Gasteiger partial charge in [0.2, 0.25) is 0 Å². The van der Waals surface area contributed by atoms with Gasteiger partial charge in [0.15, 0.2) is 0 Å². The summed E-state index contributed by atoms with van der Waals surface area (Å²) in [6, 6.07) is 7.49. The zero-order valence-corrected chi connectivity index (χ0v) is 14.5. The lowest BCUT2D eigenvalue weighted by Crippen LogP contribution is -2.04. The molecule has 0 spiro atoms. The lowest BCUT2D eigenvalue weighted by molar-refractivity contribution is -0.132. The highest BCUT2D eigenvalue weighted by atomic mass is 35.5. The van der Waals surface area contributed by atoms with Crippen molar-refractivity contribution in [2.45, 2.75) is 6.42 Å². The molecule has 0 bridgehead atoms. The Balaban J connectivity index is 2.77. The number of fused-ring (bicyclic) bond motifs is 1. The smallest absolute Gasteiger partial charge is 0.331 e. The molecule has 1 N–H and O–H groups in total. The van der Waals surface area contributed by atoms with Gasteiger partial charge >= 0.3 is 5.97 Å². The number of carboxylic acids is 1. The van der Waals surface area contributed by atoms with E-state index in [9.17, 15) is 9.90 Å². The quantitative estimate of drug-likeness (QED) is 0.764. The van der Waals surface area contributed by atoms with Gasteiger partial charge in [-0.15, -0.1) is 0 Å². The molecule has 0 fully saturated rings. The Morgan fingerprint density at radius 2 is 1.71 bits per heavy atom. The molecule has 2 aromatic carbocycles. The Morgan fingerprint density at radius 3 is 2.21 bits per heavy atom. The fraction of sp³-hybridized carbons (Fsp3) is 0.278. The van der Waals surface area contributed by atoms with Crippen molar-refractivity contribution in [3.63, 3.8) is 0 Å². The van der Waals surface area contributed by atoms with Crippen LogP contribution in [0.4, 0.5) is 0 Å². The van der Waals surface area contributed by atoms with Crippen LogP contribution in [0, 0.1) is 0 Å². The van der Waals surface area contributed by atoms with Crippen molar-refractivity contribution >= 4 is 34.4 Å². The Kier molecular flexibility index (Phi) is 6.06. The molecular formula is C18H19ClO5.